The van der Waals surface area contributed by atoms with E-state index in [0.717, 1.165) is 28.4 Å². The van der Waals surface area contributed by atoms with Gasteiger partial charge in [-0.05, 0) is 39.1 Å². The number of aromatic nitrogens is 2. The normalized spacial score (nSPS) is 12.0. The van der Waals surface area contributed by atoms with Gasteiger partial charge >= 0.3 is 0 Å². The monoisotopic (exact) mass is 287 g/mol. The van der Waals surface area contributed by atoms with Gasteiger partial charge in [0.2, 0.25) is 9.04 Å². The van der Waals surface area contributed by atoms with Crippen LogP contribution in [-0.2, 0) is 7.05 Å². The Kier molecular flexibility index (Phi) is 4.39. The van der Waals surface area contributed by atoms with E-state index in [9.17, 15) is 0 Å². The highest BCUT2D eigenvalue weighted by Gasteiger charge is 2.09. The molecule has 0 N–H and O–H groups in total. The van der Waals surface area contributed by atoms with Crippen molar-refractivity contribution in [2.24, 2.45) is 12.0 Å². The molecule has 0 aliphatic rings. The summed E-state index contributed by atoms with van der Waals surface area (Å²) < 4.78 is 7.74. The first-order valence-electron chi connectivity index (χ1n) is 6.79. The first-order valence-corrected chi connectivity index (χ1v) is 9.57. The average molecular weight is 287 g/mol. The Morgan fingerprint density at radius 1 is 1.30 bits per heavy atom. The van der Waals surface area contributed by atoms with Crippen LogP contribution >= 0.6 is 0 Å². The fraction of sp³-hybridized carbons (Fsp3) is 0.333. The van der Waals surface area contributed by atoms with Gasteiger partial charge in [0, 0.05) is 24.5 Å². The van der Waals surface area contributed by atoms with Crippen molar-refractivity contribution in [1.82, 2.24) is 9.78 Å². The molecule has 0 spiro atoms. The van der Waals surface area contributed by atoms with Crippen molar-refractivity contribution >= 4 is 20.4 Å². The summed E-state index contributed by atoms with van der Waals surface area (Å²) in [4.78, 5) is 4.72. The topological polar surface area (TPSA) is 39.4 Å². The van der Waals surface area contributed by atoms with Gasteiger partial charge in [-0.2, -0.15) is 5.10 Å². The molecule has 0 radical (unpaired) electrons. The SMILES string of the molecule is CC(=Nc1ccccc1O[SiH](C)C)c1cn(C)nc1C. The van der Waals surface area contributed by atoms with Crippen molar-refractivity contribution in [3.8, 4) is 5.75 Å². The first kappa shape index (κ1) is 14.5. The van der Waals surface area contributed by atoms with Crippen molar-refractivity contribution in [3.05, 3.63) is 41.7 Å². The molecule has 4 nitrogen and oxygen atoms in total. The molecular weight excluding hydrogens is 266 g/mol. The minimum absolute atomic E-state index is 0.870. The molecular formula is C15H21N3OSi. The molecule has 0 atom stereocenters. The van der Waals surface area contributed by atoms with Crippen LogP contribution in [0.5, 0.6) is 5.75 Å². The maximum absolute atomic E-state index is 5.93. The predicted octanol–water partition coefficient (Wildman–Crippen LogP) is 3.23. The lowest BCUT2D eigenvalue weighted by molar-refractivity contribution is 0.582. The Morgan fingerprint density at radius 2 is 2.00 bits per heavy atom. The Morgan fingerprint density at radius 3 is 2.60 bits per heavy atom. The van der Waals surface area contributed by atoms with E-state index in [4.69, 9.17) is 9.42 Å². The lowest BCUT2D eigenvalue weighted by Crippen LogP contribution is -2.11. The molecule has 1 aromatic heterocycles. The van der Waals surface area contributed by atoms with Crippen molar-refractivity contribution < 1.29 is 4.43 Å². The van der Waals surface area contributed by atoms with E-state index >= 15 is 0 Å². The van der Waals surface area contributed by atoms with E-state index < -0.39 is 9.04 Å². The summed E-state index contributed by atoms with van der Waals surface area (Å²) in [6, 6.07) is 7.93. The molecule has 0 aliphatic heterocycles. The highest BCUT2D eigenvalue weighted by Crippen LogP contribution is 2.28. The van der Waals surface area contributed by atoms with Crippen molar-refractivity contribution in [2.45, 2.75) is 26.9 Å². The molecule has 0 fully saturated rings. The third kappa shape index (κ3) is 3.36. The van der Waals surface area contributed by atoms with Crippen molar-refractivity contribution in [3.63, 3.8) is 0 Å². The smallest absolute Gasteiger partial charge is 0.229 e. The molecule has 0 saturated carbocycles. The van der Waals surface area contributed by atoms with Crippen LogP contribution < -0.4 is 4.43 Å². The molecule has 1 heterocycles. The third-order valence-corrected chi connectivity index (χ3v) is 3.64. The molecule has 0 saturated heterocycles. The third-order valence-electron chi connectivity index (χ3n) is 2.92. The molecule has 106 valence electrons. The Labute approximate surface area is 121 Å². The summed E-state index contributed by atoms with van der Waals surface area (Å²) in [6.45, 7) is 8.31. The molecule has 20 heavy (non-hydrogen) atoms. The van der Waals surface area contributed by atoms with Crippen LogP contribution in [0, 0.1) is 6.92 Å². The lowest BCUT2D eigenvalue weighted by Gasteiger charge is -2.12. The van der Waals surface area contributed by atoms with Crippen LogP contribution in [0.1, 0.15) is 18.2 Å². The summed E-state index contributed by atoms with van der Waals surface area (Å²) in [7, 11) is 0.786. The van der Waals surface area contributed by atoms with Crippen molar-refractivity contribution in [1.29, 1.82) is 0 Å². The van der Waals surface area contributed by atoms with Gasteiger partial charge in [-0.3, -0.25) is 4.68 Å². The number of hydrogen-bond donors (Lipinski definition) is 0. The zero-order valence-corrected chi connectivity index (χ0v) is 13.9. The van der Waals surface area contributed by atoms with Crippen molar-refractivity contribution in [2.75, 3.05) is 0 Å². The second-order valence-electron chi connectivity index (χ2n) is 5.13. The van der Waals surface area contributed by atoms with Crippen LogP contribution in [0.15, 0.2) is 35.5 Å². The minimum Gasteiger partial charge on any atom is -0.546 e. The first-order chi connectivity index (χ1) is 9.47. The molecule has 2 rings (SSSR count). The van der Waals surface area contributed by atoms with Gasteiger partial charge in [0.15, 0.2) is 0 Å². The second-order valence-corrected chi connectivity index (χ2v) is 7.47. The molecule has 0 aliphatic carbocycles. The Bertz CT molecular complexity index is 632. The second kappa shape index (κ2) is 6.05. The quantitative estimate of drug-likeness (QED) is 0.640. The van der Waals surface area contributed by atoms with Gasteiger partial charge in [0.25, 0.3) is 0 Å². The number of nitrogens with zero attached hydrogens (tertiary/aromatic N) is 3. The maximum Gasteiger partial charge on any atom is 0.229 e. The van der Waals surface area contributed by atoms with E-state index in [2.05, 4.69) is 18.2 Å². The maximum atomic E-state index is 5.93. The van der Waals surface area contributed by atoms with Gasteiger partial charge in [-0.1, -0.05) is 12.1 Å². The molecule has 2 aromatic rings. The van der Waals surface area contributed by atoms with Crippen LogP contribution in [0.3, 0.4) is 0 Å². The lowest BCUT2D eigenvalue weighted by atomic mass is 10.2. The number of rotatable bonds is 4. The standard InChI is InChI=1S/C15H21N3OSi/c1-11(13-10-18(3)17-12(13)2)16-14-8-6-7-9-15(14)19-20(4)5/h6-10,20H,1-5H3. The number of hydrogen-bond acceptors (Lipinski definition) is 3. The van der Waals surface area contributed by atoms with Gasteiger partial charge in [0.1, 0.15) is 11.4 Å². The number of aryl methyl sites for hydroxylation is 2. The molecule has 0 bridgehead atoms. The van der Waals surface area contributed by atoms with Gasteiger partial charge in [-0.25, -0.2) is 4.99 Å². The largest absolute Gasteiger partial charge is 0.546 e. The number of aliphatic imine (C=N–C) groups is 1. The molecule has 0 unspecified atom stereocenters. The van der Waals surface area contributed by atoms with Gasteiger partial charge in [-0.15, -0.1) is 0 Å². The fourth-order valence-electron chi connectivity index (χ4n) is 2.10. The van der Waals surface area contributed by atoms with E-state index in [1.807, 2.05) is 56.0 Å². The zero-order chi connectivity index (χ0) is 14.7. The van der Waals surface area contributed by atoms with E-state index in [0.29, 0.717) is 0 Å². The summed E-state index contributed by atoms with van der Waals surface area (Å²) >= 11 is 0. The summed E-state index contributed by atoms with van der Waals surface area (Å²) in [5, 5.41) is 4.36. The van der Waals surface area contributed by atoms with Gasteiger partial charge < -0.3 is 4.43 Å². The van der Waals surface area contributed by atoms with Crippen LogP contribution in [0.4, 0.5) is 5.69 Å². The summed E-state index contributed by atoms with van der Waals surface area (Å²) in [6.07, 6.45) is 1.99. The van der Waals surface area contributed by atoms with Crippen LogP contribution in [-0.4, -0.2) is 24.5 Å². The highest BCUT2D eigenvalue weighted by molar-refractivity contribution is 6.49. The predicted molar refractivity (Wildman–Crippen MR) is 85.8 cm³/mol. The van der Waals surface area contributed by atoms with E-state index in [1.54, 1.807) is 0 Å². The van der Waals surface area contributed by atoms with Gasteiger partial charge in [0.05, 0.1) is 5.69 Å². The summed E-state index contributed by atoms with van der Waals surface area (Å²) in [5.41, 5.74) is 3.90. The molecule has 5 heteroatoms. The van der Waals surface area contributed by atoms with E-state index in [-0.39, 0.29) is 0 Å². The summed E-state index contributed by atoms with van der Waals surface area (Å²) in [5.74, 6) is 0.870. The minimum atomic E-state index is -1.14. The molecule has 1 aromatic carbocycles. The fourth-order valence-corrected chi connectivity index (χ4v) is 2.81. The highest BCUT2D eigenvalue weighted by atomic mass is 28.3. The number of para-hydroxylation sites is 2. The average Bonchev–Trinajstić information content (AvgIpc) is 2.70. The van der Waals surface area contributed by atoms with Crippen LogP contribution in [0.25, 0.3) is 0 Å². The Balaban J connectivity index is 2.37. The Hall–Kier alpha value is -1.88. The van der Waals surface area contributed by atoms with Crippen LogP contribution in [0.2, 0.25) is 13.1 Å². The number of benzene rings is 1. The molecule has 0 amide bonds. The van der Waals surface area contributed by atoms with E-state index in [1.165, 1.54) is 0 Å². The zero-order valence-electron chi connectivity index (χ0n) is 12.7.